The molecule has 2 amide bonds. The summed E-state index contributed by atoms with van der Waals surface area (Å²) in [6.07, 6.45) is 0. The number of carboxylic acid groups (broad SMARTS) is 2. The van der Waals surface area contributed by atoms with Crippen molar-refractivity contribution in [1.82, 2.24) is 35.4 Å². The lowest BCUT2D eigenvalue weighted by atomic mass is 9.89. The number of aliphatic hydroxyl groups is 1. The number of hydrogen-bond acceptors (Lipinski definition) is 14. The number of carbonyl (C=O) groups is 4. The van der Waals surface area contributed by atoms with E-state index >= 15 is 0 Å². The summed E-state index contributed by atoms with van der Waals surface area (Å²) in [6, 6.07) is 5.36. The number of thiazole rings is 1. The summed E-state index contributed by atoms with van der Waals surface area (Å²) in [5, 5.41) is 43.6. The number of aliphatic hydroxyl groups excluding tert-OH is 1. The number of anilines is 1. The number of fused-ring (bicyclic) bond motifs is 1. The Morgan fingerprint density at radius 3 is 2.74 bits per heavy atom. The molecule has 3 aromatic rings. The highest BCUT2D eigenvalue weighted by atomic mass is 32.2. The van der Waals surface area contributed by atoms with Crippen LogP contribution in [0.3, 0.4) is 0 Å². The Labute approximate surface area is 254 Å². The lowest BCUT2D eigenvalue weighted by Crippen LogP contribution is -2.74. The number of nitrogens with two attached hydrogens (primary N) is 1. The van der Waals surface area contributed by atoms with Crippen molar-refractivity contribution in [2.45, 2.75) is 33.3 Å². The molecule has 0 aliphatic carbocycles. The second kappa shape index (κ2) is 12.5. The van der Waals surface area contributed by atoms with Gasteiger partial charge in [0, 0.05) is 28.3 Å². The number of aliphatic carboxylic acids is 1. The third kappa shape index (κ3) is 5.91. The van der Waals surface area contributed by atoms with Gasteiger partial charge in [-0.05, 0) is 22.6 Å². The van der Waals surface area contributed by atoms with Crippen LogP contribution in [0.2, 0.25) is 0 Å². The van der Waals surface area contributed by atoms with Crippen LogP contribution >= 0.6 is 46.6 Å². The predicted octanol–water partition coefficient (Wildman–Crippen LogP) is 0.499. The number of nitrogens with zero attached hydrogens (tertiary/aromatic N) is 6. The summed E-state index contributed by atoms with van der Waals surface area (Å²) in [5.74, 6) is -2.94. The number of aromatic nitrogens is 5. The highest BCUT2D eigenvalue weighted by molar-refractivity contribution is 8.01. The third-order valence-electron chi connectivity index (χ3n) is 6.59. The van der Waals surface area contributed by atoms with E-state index < -0.39 is 45.8 Å². The normalized spacial score (nSPS) is 22.2. The first-order valence-corrected chi connectivity index (χ1v) is 16.1. The lowest BCUT2D eigenvalue weighted by Gasteiger charge is -2.53. The molecule has 222 valence electrons. The average Bonchev–Trinajstić information content (AvgIpc) is 3.61. The summed E-state index contributed by atoms with van der Waals surface area (Å²) in [4.78, 5) is 56.9. The van der Waals surface area contributed by atoms with Crippen molar-refractivity contribution in [3.05, 3.63) is 40.9 Å². The van der Waals surface area contributed by atoms with Gasteiger partial charge in [-0.25, -0.2) is 14.5 Å². The predicted molar refractivity (Wildman–Crippen MR) is 154 cm³/mol. The largest absolute Gasteiger partial charge is 0.481 e. The molecule has 15 nitrogen and oxygen atoms in total. The van der Waals surface area contributed by atoms with Crippen LogP contribution in [-0.2, 0) is 20.9 Å². The Morgan fingerprint density at radius 2 is 2.05 bits per heavy atom. The monoisotopic (exact) mass is 652 g/mol. The number of hydrogen-bond donors (Lipinski definition) is 5. The summed E-state index contributed by atoms with van der Waals surface area (Å²) < 4.78 is 1.37. The van der Waals surface area contributed by atoms with E-state index in [0.717, 1.165) is 34.9 Å². The van der Waals surface area contributed by atoms with E-state index in [1.165, 1.54) is 27.4 Å². The van der Waals surface area contributed by atoms with E-state index in [1.54, 1.807) is 23.6 Å². The van der Waals surface area contributed by atoms with Crippen molar-refractivity contribution in [3.63, 3.8) is 0 Å². The van der Waals surface area contributed by atoms with Crippen molar-refractivity contribution in [2.75, 3.05) is 30.4 Å². The number of carboxylic acids is 2. The molecule has 3 unspecified atom stereocenters. The molecule has 0 saturated carbocycles. The Morgan fingerprint density at radius 1 is 1.26 bits per heavy atom. The molecule has 2 saturated heterocycles. The van der Waals surface area contributed by atoms with Crippen LogP contribution in [0.15, 0.2) is 39.7 Å². The molecule has 2 fully saturated rings. The Hall–Kier alpha value is -3.39. The van der Waals surface area contributed by atoms with Crippen LogP contribution in [0.1, 0.15) is 21.3 Å². The van der Waals surface area contributed by atoms with E-state index in [1.807, 2.05) is 0 Å². The van der Waals surface area contributed by atoms with Crippen molar-refractivity contribution in [2.24, 2.45) is 5.41 Å². The summed E-state index contributed by atoms with van der Waals surface area (Å²) in [5.41, 5.74) is 4.86. The SMILES string of the molecule is Nc1nc(C(Sc2ccccc2C(=O)O)C(=O)NC2C(=O)N3CC(CSc4nnnn4CCO)(C(=O)O)CS[C@H]23)cs1. The second-order valence-corrected chi connectivity index (χ2v) is 13.4. The maximum Gasteiger partial charge on any atom is 0.336 e. The second-order valence-electron chi connectivity index (χ2n) is 9.35. The molecule has 19 heteroatoms. The number of benzene rings is 1. The molecule has 4 atom stereocenters. The molecule has 2 aliphatic rings. The van der Waals surface area contributed by atoms with Crippen LogP contribution in [0, 0.1) is 5.41 Å². The van der Waals surface area contributed by atoms with Gasteiger partial charge in [-0.3, -0.25) is 14.4 Å². The highest BCUT2D eigenvalue weighted by Crippen LogP contribution is 2.45. The topological polar surface area (TPSA) is 227 Å². The molecular weight excluding hydrogens is 629 g/mol. The van der Waals surface area contributed by atoms with Gasteiger partial charge in [-0.15, -0.1) is 40.0 Å². The zero-order valence-corrected chi connectivity index (χ0v) is 24.8. The van der Waals surface area contributed by atoms with Crippen molar-refractivity contribution >= 4 is 75.5 Å². The Bertz CT molecular complexity index is 1520. The molecule has 0 spiro atoms. The molecule has 0 bridgehead atoms. The molecule has 42 heavy (non-hydrogen) atoms. The van der Waals surface area contributed by atoms with Gasteiger partial charge in [0.2, 0.25) is 17.0 Å². The van der Waals surface area contributed by atoms with Crippen LogP contribution in [0.25, 0.3) is 0 Å². The molecular formula is C23H24N8O7S4. The number of nitrogen functional groups attached to an aromatic ring is 1. The summed E-state index contributed by atoms with van der Waals surface area (Å²) >= 11 is 4.50. The maximum atomic E-state index is 13.5. The molecule has 2 aromatic heterocycles. The summed E-state index contributed by atoms with van der Waals surface area (Å²) in [7, 11) is 0. The first-order valence-electron chi connectivity index (χ1n) is 12.3. The standard InChI is InChI=1S/C23H24N8O7S4/c24-21-25-12(7-39-21)15(42-13-4-2-1-3-11(13)19(35)36)16(33)26-14-17(34)30-8-23(20(37)38,9-40-18(14)30)10-41-22-27-28-29-31(22)5-6-32/h1-4,7,14-15,18,32H,5-6,8-10H2,(H2,24,25)(H,26,33)(H,35,36)(H,37,38)/t14?,15?,18-,23?/m1/s1. The van der Waals surface area contributed by atoms with Gasteiger partial charge in [-0.2, -0.15) is 0 Å². The number of tetrazole rings is 1. The van der Waals surface area contributed by atoms with Crippen molar-refractivity contribution < 1.29 is 34.5 Å². The average molecular weight is 653 g/mol. The van der Waals surface area contributed by atoms with Gasteiger partial charge in [0.05, 0.1) is 24.4 Å². The van der Waals surface area contributed by atoms with E-state index in [4.69, 9.17) is 5.73 Å². The fourth-order valence-electron chi connectivity index (χ4n) is 4.41. The molecule has 1 aromatic carbocycles. The van der Waals surface area contributed by atoms with Crippen LogP contribution in [0.5, 0.6) is 0 Å². The van der Waals surface area contributed by atoms with E-state index in [0.29, 0.717) is 15.7 Å². The number of nitrogens with one attached hydrogen (secondary N) is 1. The zero-order valence-electron chi connectivity index (χ0n) is 21.5. The Balaban J connectivity index is 1.29. The molecule has 4 heterocycles. The molecule has 6 N–H and O–H groups in total. The minimum atomic E-state index is -1.29. The van der Waals surface area contributed by atoms with Crippen LogP contribution < -0.4 is 11.1 Å². The number of thioether (sulfide) groups is 3. The minimum Gasteiger partial charge on any atom is -0.481 e. The number of aromatic carboxylic acids is 1. The number of rotatable bonds is 12. The van der Waals surface area contributed by atoms with Crippen molar-refractivity contribution in [3.8, 4) is 0 Å². The lowest BCUT2D eigenvalue weighted by molar-refractivity contribution is -0.157. The van der Waals surface area contributed by atoms with Gasteiger partial charge >= 0.3 is 11.9 Å². The quantitative estimate of drug-likeness (QED) is 0.133. The Kier molecular flexibility index (Phi) is 8.92. The number of amides is 2. The minimum absolute atomic E-state index is 0.0190. The highest BCUT2D eigenvalue weighted by Gasteiger charge is 2.57. The summed E-state index contributed by atoms with van der Waals surface area (Å²) in [6.45, 7) is -0.0870. The first kappa shape index (κ1) is 30.1. The smallest absolute Gasteiger partial charge is 0.336 e. The van der Waals surface area contributed by atoms with Crippen molar-refractivity contribution in [1.29, 1.82) is 0 Å². The van der Waals surface area contributed by atoms with Gasteiger partial charge in [0.1, 0.15) is 22.1 Å². The van der Waals surface area contributed by atoms with Gasteiger partial charge in [0.25, 0.3) is 0 Å². The van der Waals surface area contributed by atoms with E-state index in [-0.39, 0.29) is 41.9 Å². The van der Waals surface area contributed by atoms with E-state index in [2.05, 4.69) is 25.8 Å². The molecule has 2 aliphatic heterocycles. The van der Waals surface area contributed by atoms with Crippen LogP contribution in [0.4, 0.5) is 5.13 Å². The fourth-order valence-corrected chi connectivity index (χ4v) is 8.96. The van der Waals surface area contributed by atoms with Crippen LogP contribution in [-0.4, -0.2) is 105 Å². The first-order chi connectivity index (χ1) is 20.1. The van der Waals surface area contributed by atoms with E-state index in [9.17, 15) is 34.5 Å². The number of β-lactam (4-membered cyclic amide) rings is 1. The van der Waals surface area contributed by atoms with Gasteiger partial charge in [-0.1, -0.05) is 23.9 Å². The third-order valence-corrected chi connectivity index (χ3v) is 11.4. The number of carbonyl (C=O) groups excluding carboxylic acids is 2. The van der Waals surface area contributed by atoms with Gasteiger partial charge in [0.15, 0.2) is 5.13 Å². The maximum absolute atomic E-state index is 13.5. The van der Waals surface area contributed by atoms with Gasteiger partial charge < -0.3 is 31.3 Å². The molecule has 5 rings (SSSR count). The fraction of sp³-hybridized carbons (Fsp3) is 0.391. The molecule has 0 radical (unpaired) electrons. The zero-order chi connectivity index (χ0) is 30.0.